The Balaban J connectivity index is 1.41. The first kappa shape index (κ1) is 26.0. The van der Waals surface area contributed by atoms with E-state index < -0.39 is 5.54 Å². The number of benzene rings is 1. The molecule has 11 nitrogen and oxygen atoms in total. The first-order valence-electron chi connectivity index (χ1n) is 11.7. The molecule has 4 rings (SSSR count). The van der Waals surface area contributed by atoms with E-state index in [1.807, 2.05) is 25.2 Å². The van der Waals surface area contributed by atoms with Gasteiger partial charge in [-0.25, -0.2) is 9.97 Å². The molecule has 0 radical (unpaired) electrons. The minimum absolute atomic E-state index is 0.296. The summed E-state index contributed by atoms with van der Waals surface area (Å²) in [6, 6.07) is 5.04. The maximum absolute atomic E-state index is 13.0. The van der Waals surface area contributed by atoms with E-state index in [9.17, 15) is 14.4 Å². The third-order valence-corrected chi connectivity index (χ3v) is 5.81. The number of carbonyl (C=O) groups is 3. The lowest BCUT2D eigenvalue weighted by Crippen LogP contribution is -2.36. The van der Waals surface area contributed by atoms with Crippen LogP contribution in [0.5, 0.6) is 0 Å². The topological polar surface area (TPSA) is 151 Å². The van der Waals surface area contributed by atoms with Gasteiger partial charge in [0.05, 0.1) is 29.8 Å². The van der Waals surface area contributed by atoms with E-state index in [-0.39, 0.29) is 17.7 Å². The van der Waals surface area contributed by atoms with Crippen LogP contribution in [0.4, 0.5) is 17.3 Å². The molecule has 0 saturated carbocycles. The van der Waals surface area contributed by atoms with Crippen LogP contribution < -0.4 is 21.3 Å². The number of aromatic nitrogens is 3. The van der Waals surface area contributed by atoms with Crippen LogP contribution >= 0.6 is 0 Å². The molecule has 0 aliphatic heterocycles. The van der Waals surface area contributed by atoms with Crippen LogP contribution in [-0.2, 0) is 4.79 Å². The van der Waals surface area contributed by atoms with Crippen molar-refractivity contribution in [3.05, 3.63) is 95.8 Å². The molecule has 3 aromatic rings. The van der Waals surface area contributed by atoms with Gasteiger partial charge in [0.25, 0.3) is 11.8 Å². The second kappa shape index (κ2) is 10.9. The zero-order valence-corrected chi connectivity index (χ0v) is 21.2. The fraction of sp³-hybridized carbons (Fsp3) is 0.185. The van der Waals surface area contributed by atoms with E-state index in [4.69, 9.17) is 4.52 Å². The number of rotatable bonds is 8. The molecule has 2 heterocycles. The zero-order valence-electron chi connectivity index (χ0n) is 21.2. The van der Waals surface area contributed by atoms with Gasteiger partial charge in [-0.1, -0.05) is 23.9 Å². The van der Waals surface area contributed by atoms with Gasteiger partial charge in [0.1, 0.15) is 11.3 Å². The molecule has 1 unspecified atom stereocenters. The van der Waals surface area contributed by atoms with Gasteiger partial charge in [-0.2, -0.15) is 0 Å². The Labute approximate surface area is 219 Å². The summed E-state index contributed by atoms with van der Waals surface area (Å²) < 4.78 is 4.93. The third kappa shape index (κ3) is 6.19. The molecule has 1 atom stereocenters. The molecule has 1 aromatic carbocycles. The molecule has 0 fully saturated rings. The molecule has 194 valence electrons. The molecular formula is C27H27N7O4. The van der Waals surface area contributed by atoms with Gasteiger partial charge in [-0.3, -0.25) is 14.4 Å². The lowest BCUT2D eigenvalue weighted by molar-refractivity contribution is -0.115. The van der Waals surface area contributed by atoms with Gasteiger partial charge in [-0.15, -0.1) is 0 Å². The second-order valence-corrected chi connectivity index (χ2v) is 8.97. The van der Waals surface area contributed by atoms with Crippen LogP contribution in [0, 0.1) is 13.8 Å². The predicted octanol–water partition coefficient (Wildman–Crippen LogP) is 3.90. The molecule has 4 N–H and O–H groups in total. The molecule has 0 saturated heterocycles. The van der Waals surface area contributed by atoms with Gasteiger partial charge >= 0.3 is 0 Å². The van der Waals surface area contributed by atoms with Gasteiger partial charge in [-0.05, 0) is 63.1 Å². The highest BCUT2D eigenvalue weighted by molar-refractivity contribution is 6.08. The van der Waals surface area contributed by atoms with Crippen LogP contribution in [0.15, 0.2) is 77.9 Å². The van der Waals surface area contributed by atoms with Gasteiger partial charge in [0.2, 0.25) is 11.9 Å². The highest BCUT2D eigenvalue weighted by Gasteiger charge is 2.24. The van der Waals surface area contributed by atoms with Gasteiger partial charge in [0.15, 0.2) is 0 Å². The Morgan fingerprint density at radius 1 is 1.00 bits per heavy atom. The Bertz CT molecular complexity index is 1460. The average Bonchev–Trinajstić information content (AvgIpc) is 3.32. The minimum atomic E-state index is -0.531. The van der Waals surface area contributed by atoms with Crippen molar-refractivity contribution in [2.45, 2.75) is 32.7 Å². The van der Waals surface area contributed by atoms with Crippen LogP contribution in [0.1, 0.15) is 45.4 Å². The van der Waals surface area contributed by atoms with Crippen molar-refractivity contribution in [3.8, 4) is 0 Å². The van der Waals surface area contributed by atoms with Gasteiger partial charge < -0.3 is 25.8 Å². The first-order chi connectivity index (χ1) is 18.2. The van der Waals surface area contributed by atoms with Crippen molar-refractivity contribution in [1.29, 1.82) is 0 Å². The van der Waals surface area contributed by atoms with Crippen molar-refractivity contribution in [2.24, 2.45) is 0 Å². The van der Waals surface area contributed by atoms with Gasteiger partial charge in [0, 0.05) is 16.9 Å². The van der Waals surface area contributed by atoms with Crippen LogP contribution in [-0.4, -0.2) is 38.4 Å². The number of carbonyl (C=O) groups excluding carboxylic acids is 3. The number of amides is 3. The summed E-state index contributed by atoms with van der Waals surface area (Å²) in [6.45, 7) is 8.85. The standard InChI is InChI=1S/C27H27N7O4/c1-5-23(35)31-19-7-6-10-27(4,12-19)34-26-28-13-20(14-29-26)33-24(36)21-11-18(9-8-16(21)2)32-25(37)22-15-30-38-17(22)3/h5-9,11-15H,1,10H2,2-4H3,(H,31,35)(H,32,37)(H,33,36)(H,28,29,34). The number of nitrogens with zero attached hydrogens (tertiary/aromatic N) is 3. The molecule has 3 amide bonds. The number of hydrogen-bond donors (Lipinski definition) is 4. The van der Waals surface area contributed by atoms with Crippen LogP contribution in [0.25, 0.3) is 0 Å². The molecule has 1 aliphatic carbocycles. The van der Waals surface area contributed by atoms with Crippen molar-refractivity contribution < 1.29 is 18.9 Å². The van der Waals surface area contributed by atoms with Crippen molar-refractivity contribution in [1.82, 2.24) is 20.4 Å². The highest BCUT2D eigenvalue weighted by atomic mass is 16.5. The predicted molar refractivity (Wildman–Crippen MR) is 143 cm³/mol. The summed E-state index contributed by atoms with van der Waals surface area (Å²) in [5.74, 6) is -0.302. The molecule has 11 heteroatoms. The van der Waals surface area contributed by atoms with Crippen molar-refractivity contribution in [2.75, 3.05) is 16.0 Å². The molecule has 0 spiro atoms. The van der Waals surface area contributed by atoms with Crippen molar-refractivity contribution >= 4 is 35.0 Å². The van der Waals surface area contributed by atoms with Crippen LogP contribution in [0.2, 0.25) is 0 Å². The molecule has 0 bridgehead atoms. The Morgan fingerprint density at radius 2 is 1.71 bits per heavy atom. The number of nitrogens with one attached hydrogen (secondary N) is 4. The average molecular weight is 514 g/mol. The van der Waals surface area contributed by atoms with Crippen LogP contribution in [0.3, 0.4) is 0 Å². The number of aryl methyl sites for hydroxylation is 2. The summed E-state index contributed by atoms with van der Waals surface area (Å²) in [5, 5.41) is 15.1. The first-order valence-corrected chi connectivity index (χ1v) is 11.7. The molecular weight excluding hydrogens is 486 g/mol. The number of hydrogen-bond acceptors (Lipinski definition) is 8. The maximum Gasteiger partial charge on any atom is 0.260 e. The maximum atomic E-state index is 13.0. The smallest absolute Gasteiger partial charge is 0.260 e. The Hall–Kier alpha value is -5.06. The summed E-state index contributed by atoms with van der Waals surface area (Å²) >= 11 is 0. The SMILES string of the molecule is C=CC(=O)NC1=CC(C)(Nc2ncc(NC(=O)c3cc(NC(=O)c4cnoc4C)ccc3C)cn2)CC=C1. The summed E-state index contributed by atoms with van der Waals surface area (Å²) in [6.07, 6.45) is 11.8. The summed E-state index contributed by atoms with van der Waals surface area (Å²) in [7, 11) is 0. The fourth-order valence-corrected chi connectivity index (χ4v) is 3.81. The zero-order chi connectivity index (χ0) is 27.3. The van der Waals surface area contributed by atoms with Crippen molar-refractivity contribution in [3.63, 3.8) is 0 Å². The second-order valence-electron chi connectivity index (χ2n) is 8.97. The molecule has 2 aromatic heterocycles. The quantitative estimate of drug-likeness (QED) is 0.331. The van der Waals surface area contributed by atoms with E-state index in [2.05, 4.69) is 43.0 Å². The molecule has 1 aliphatic rings. The third-order valence-electron chi connectivity index (χ3n) is 5.81. The van der Waals surface area contributed by atoms with E-state index in [0.717, 1.165) is 5.56 Å². The highest BCUT2D eigenvalue weighted by Crippen LogP contribution is 2.24. The Morgan fingerprint density at radius 3 is 2.39 bits per heavy atom. The van der Waals surface area contributed by atoms with E-state index in [1.165, 1.54) is 24.7 Å². The fourth-order valence-electron chi connectivity index (χ4n) is 3.81. The lowest BCUT2D eigenvalue weighted by Gasteiger charge is -2.29. The molecule has 38 heavy (non-hydrogen) atoms. The van der Waals surface area contributed by atoms with E-state index in [0.29, 0.717) is 46.3 Å². The van der Waals surface area contributed by atoms with E-state index in [1.54, 1.807) is 32.0 Å². The monoisotopic (exact) mass is 513 g/mol. The Kier molecular flexibility index (Phi) is 7.47. The lowest BCUT2D eigenvalue weighted by atomic mass is 9.92. The number of allylic oxidation sites excluding steroid dienone is 1. The minimum Gasteiger partial charge on any atom is -0.361 e. The summed E-state index contributed by atoms with van der Waals surface area (Å²) in [4.78, 5) is 45.7. The normalized spacial score (nSPS) is 16.2. The number of anilines is 3. The summed E-state index contributed by atoms with van der Waals surface area (Å²) in [5.41, 5.74) is 2.39. The largest absolute Gasteiger partial charge is 0.361 e. The van der Waals surface area contributed by atoms with E-state index >= 15 is 0 Å².